The normalized spacial score (nSPS) is 20.2. The van der Waals surface area contributed by atoms with Crippen LogP contribution < -0.4 is 10.1 Å². The summed E-state index contributed by atoms with van der Waals surface area (Å²) in [5.74, 6) is -1.59. The third kappa shape index (κ3) is 8.13. The number of carbonyl (C=O) groups is 3. The molecule has 0 saturated carbocycles. The molecule has 0 aliphatic carbocycles. The van der Waals surface area contributed by atoms with Gasteiger partial charge in [0.05, 0.1) is 19.8 Å². The lowest BCUT2D eigenvalue weighted by molar-refractivity contribution is -0.128. The molecule has 3 aromatic rings. The molecule has 11 heteroatoms. The number of halogens is 3. The van der Waals surface area contributed by atoms with Crippen LogP contribution in [0.4, 0.5) is 10.1 Å². The Labute approximate surface area is 296 Å². The average molecular weight is 709 g/mol. The molecule has 8 nitrogen and oxygen atoms in total. The molecular weight excluding hydrogens is 668 g/mol. The van der Waals surface area contributed by atoms with Crippen molar-refractivity contribution in [3.05, 3.63) is 130 Å². The number of rotatable bonds is 12. The van der Waals surface area contributed by atoms with Gasteiger partial charge in [0.2, 0.25) is 5.91 Å². The maximum atomic E-state index is 16.8. The van der Waals surface area contributed by atoms with Gasteiger partial charge in [-0.15, -0.1) is 0 Å². The zero-order valence-corrected chi connectivity index (χ0v) is 29.3. The van der Waals surface area contributed by atoms with Gasteiger partial charge in [0.1, 0.15) is 23.9 Å². The van der Waals surface area contributed by atoms with Crippen molar-refractivity contribution in [2.45, 2.75) is 25.6 Å². The molecular formula is C38H40Cl2FN3O5. The molecule has 2 aliphatic heterocycles. The van der Waals surface area contributed by atoms with Crippen molar-refractivity contribution in [1.82, 2.24) is 9.80 Å². The van der Waals surface area contributed by atoms with Crippen LogP contribution in [-0.4, -0.2) is 62.3 Å². The Morgan fingerprint density at radius 1 is 1.12 bits per heavy atom. The minimum atomic E-state index is -1.36. The highest BCUT2D eigenvalue weighted by Gasteiger charge is 2.64. The minimum Gasteiger partial charge on any atom is -0.497 e. The lowest BCUT2D eigenvalue weighted by atomic mass is 9.74. The van der Waals surface area contributed by atoms with E-state index in [0.29, 0.717) is 60.3 Å². The van der Waals surface area contributed by atoms with Crippen LogP contribution in [0.5, 0.6) is 5.75 Å². The van der Waals surface area contributed by atoms with E-state index in [2.05, 4.69) is 28.6 Å². The number of nitrogens with zero attached hydrogens (tertiary/aromatic N) is 2. The van der Waals surface area contributed by atoms with Gasteiger partial charge in [-0.25, -0.2) is 9.18 Å². The Bertz CT molecular complexity index is 1730. The molecule has 0 bridgehead atoms. The van der Waals surface area contributed by atoms with Gasteiger partial charge >= 0.3 is 5.97 Å². The lowest BCUT2D eigenvalue weighted by Crippen LogP contribution is -2.50. The smallest absolute Gasteiger partial charge is 0.337 e. The number of benzene rings is 3. The first-order valence-corrected chi connectivity index (χ1v) is 16.4. The molecule has 0 radical (unpaired) electrons. The summed E-state index contributed by atoms with van der Waals surface area (Å²) in [5.41, 5.74) is 2.28. The number of likely N-dealkylation sites (tertiary alicyclic amines) is 1. The van der Waals surface area contributed by atoms with E-state index in [1.165, 1.54) is 25.3 Å². The average Bonchev–Trinajstić information content (AvgIpc) is 3.57. The molecule has 3 atom stereocenters. The maximum absolute atomic E-state index is 16.8. The number of allylic oxidation sites excluding steroid dienone is 4. The SMILES string of the molecule is C=C(Cl)/C=C\C=C(/F)C1[C@H](CN(CC)Cc2ccc(C(=O)OC)cc2)CN(Cc2cccc(OC)c2)[C@@]12C(=O)Nc1cc(Cl)ccc12.C=O. The molecule has 2 aliphatic rings. The number of nitrogens with one attached hydrogen (secondary N) is 1. The van der Waals surface area contributed by atoms with Gasteiger partial charge in [-0.1, -0.05) is 73.1 Å². The molecule has 5 rings (SSSR count). The van der Waals surface area contributed by atoms with E-state index in [4.69, 9.17) is 37.5 Å². The van der Waals surface area contributed by atoms with Crippen LogP contribution in [-0.2, 0) is 33.0 Å². The van der Waals surface area contributed by atoms with Gasteiger partial charge < -0.3 is 19.6 Å². The highest BCUT2D eigenvalue weighted by atomic mass is 35.5. The quantitative estimate of drug-likeness (QED) is 0.154. The van der Waals surface area contributed by atoms with E-state index < -0.39 is 23.3 Å². The number of amides is 1. The molecule has 1 fully saturated rings. The molecule has 1 amide bonds. The summed E-state index contributed by atoms with van der Waals surface area (Å²) in [7, 11) is 2.96. The summed E-state index contributed by atoms with van der Waals surface area (Å²) in [5, 5.41) is 3.76. The van der Waals surface area contributed by atoms with E-state index in [-0.39, 0.29) is 16.9 Å². The van der Waals surface area contributed by atoms with Crippen LogP contribution in [0, 0.1) is 11.8 Å². The van der Waals surface area contributed by atoms with E-state index in [9.17, 15) is 9.59 Å². The highest BCUT2D eigenvalue weighted by Crippen LogP contribution is 2.56. The van der Waals surface area contributed by atoms with Gasteiger partial charge in [-0.05, 0) is 72.1 Å². The number of carbonyl (C=O) groups excluding carboxylic acids is 3. The summed E-state index contributed by atoms with van der Waals surface area (Å²) >= 11 is 12.3. The third-order valence-corrected chi connectivity index (χ3v) is 9.28. The van der Waals surface area contributed by atoms with E-state index in [1.807, 2.05) is 49.3 Å². The van der Waals surface area contributed by atoms with Crippen molar-refractivity contribution < 1.29 is 28.2 Å². The Balaban J connectivity index is 0.00000265. The zero-order chi connectivity index (χ0) is 35.7. The standard InChI is InChI=1S/C37H38Cl2FN3O4.CH2O/c1-5-42(20-25-12-14-27(15-13-25)35(44)47-4)22-28-23-43(21-26-9-7-10-30(18-26)46-3)37(34(28)32(40)11-6-8-24(2)38)31-17-16-29(39)19-33(31)41-36(37)45;1-2/h6-19,28,34H,2,5,20-23H2,1,3-4H3,(H,41,45);1H2/b8-6-,32-11-;/t28-,34?,37-;/m1./s1. The molecule has 3 aromatic carbocycles. The van der Waals surface area contributed by atoms with Crippen molar-refractivity contribution in [3.63, 3.8) is 0 Å². The van der Waals surface area contributed by atoms with Crippen LogP contribution in [0.3, 0.4) is 0 Å². The van der Waals surface area contributed by atoms with E-state index in [1.54, 1.807) is 31.4 Å². The number of methoxy groups -OCH3 is 2. The van der Waals surface area contributed by atoms with Crippen LogP contribution >= 0.6 is 23.2 Å². The monoisotopic (exact) mass is 707 g/mol. The lowest BCUT2D eigenvalue weighted by Gasteiger charge is -2.38. The first kappa shape index (κ1) is 37.5. The maximum Gasteiger partial charge on any atom is 0.337 e. The van der Waals surface area contributed by atoms with Crippen LogP contribution in [0.15, 0.2) is 102 Å². The first-order chi connectivity index (χ1) is 23.6. The fourth-order valence-electron chi connectivity index (χ4n) is 6.86. The number of hydrogen-bond acceptors (Lipinski definition) is 7. The molecule has 2 heterocycles. The number of anilines is 1. The Morgan fingerprint density at radius 3 is 2.51 bits per heavy atom. The molecule has 1 saturated heterocycles. The number of ether oxygens (including phenoxy) is 2. The summed E-state index contributed by atoms with van der Waals surface area (Å²) in [6.45, 7) is 10.3. The Kier molecular flexibility index (Phi) is 12.9. The Morgan fingerprint density at radius 2 is 1.86 bits per heavy atom. The van der Waals surface area contributed by atoms with Crippen molar-refractivity contribution in [2.24, 2.45) is 11.8 Å². The largest absolute Gasteiger partial charge is 0.497 e. The van der Waals surface area contributed by atoms with Crippen molar-refractivity contribution in [3.8, 4) is 5.75 Å². The summed E-state index contributed by atoms with van der Waals surface area (Å²) < 4.78 is 27.2. The van der Waals surface area contributed by atoms with Gasteiger partial charge in [-0.2, -0.15) is 0 Å². The Hall–Kier alpha value is -4.28. The zero-order valence-electron chi connectivity index (χ0n) is 27.8. The van der Waals surface area contributed by atoms with Gasteiger partial charge in [-0.3, -0.25) is 14.6 Å². The molecule has 1 N–H and O–H groups in total. The second-order valence-electron chi connectivity index (χ2n) is 11.8. The van der Waals surface area contributed by atoms with Gasteiger partial charge in [0.15, 0.2) is 0 Å². The number of esters is 1. The molecule has 1 spiro atoms. The van der Waals surface area contributed by atoms with Crippen LogP contribution in [0.1, 0.15) is 34.0 Å². The second kappa shape index (κ2) is 16.9. The number of hydrogen-bond donors (Lipinski definition) is 1. The second-order valence-corrected chi connectivity index (χ2v) is 12.7. The fraction of sp³-hybridized carbons (Fsp3) is 0.289. The third-order valence-electron chi connectivity index (χ3n) is 8.92. The molecule has 0 aromatic heterocycles. The topological polar surface area (TPSA) is 88.2 Å². The first-order valence-electron chi connectivity index (χ1n) is 15.7. The summed E-state index contributed by atoms with van der Waals surface area (Å²) in [6.07, 6.45) is 4.42. The fourth-order valence-corrected chi connectivity index (χ4v) is 7.11. The van der Waals surface area contributed by atoms with Crippen LogP contribution in [0.2, 0.25) is 5.02 Å². The van der Waals surface area contributed by atoms with Gasteiger partial charge in [0.25, 0.3) is 0 Å². The predicted molar refractivity (Wildman–Crippen MR) is 191 cm³/mol. The molecule has 49 heavy (non-hydrogen) atoms. The highest BCUT2D eigenvalue weighted by molar-refractivity contribution is 6.31. The van der Waals surface area contributed by atoms with E-state index in [0.717, 1.165) is 11.1 Å². The van der Waals surface area contributed by atoms with Crippen LogP contribution in [0.25, 0.3) is 0 Å². The summed E-state index contributed by atoms with van der Waals surface area (Å²) in [4.78, 5) is 38.6. The summed E-state index contributed by atoms with van der Waals surface area (Å²) in [6, 6.07) is 20.2. The van der Waals surface area contributed by atoms with Crippen molar-refractivity contribution in [2.75, 3.05) is 39.2 Å². The minimum absolute atomic E-state index is 0.264. The number of fused-ring (bicyclic) bond motifs is 2. The van der Waals surface area contributed by atoms with Gasteiger partial charge in [0, 0.05) is 53.4 Å². The molecule has 258 valence electrons. The van der Waals surface area contributed by atoms with E-state index >= 15 is 4.39 Å². The predicted octanol–water partition coefficient (Wildman–Crippen LogP) is 7.53. The molecule has 1 unspecified atom stereocenters. The van der Waals surface area contributed by atoms with Crippen molar-refractivity contribution >= 4 is 47.6 Å². The van der Waals surface area contributed by atoms with Crippen molar-refractivity contribution in [1.29, 1.82) is 0 Å².